The molecule has 0 spiro atoms. The number of sulfonamides is 1. The number of aromatic nitrogens is 1. The molecule has 2 heterocycles. The topological polar surface area (TPSA) is 83.8 Å². The Balaban J connectivity index is 1.68. The summed E-state index contributed by atoms with van der Waals surface area (Å²) in [5.41, 5.74) is 1.43. The molecule has 1 amide bonds. The van der Waals surface area contributed by atoms with Crippen LogP contribution in [0.4, 0.5) is 0 Å². The maximum absolute atomic E-state index is 12.9. The minimum absolute atomic E-state index is 0.0275. The van der Waals surface area contributed by atoms with Crippen LogP contribution in [0.15, 0.2) is 47.6 Å². The fraction of sp³-hybridized carbons (Fsp3) is 0.333. The van der Waals surface area contributed by atoms with E-state index in [1.807, 2.05) is 12.1 Å². The predicted molar refractivity (Wildman–Crippen MR) is 102 cm³/mol. The number of carbonyl (C=O) groups is 1. The lowest BCUT2D eigenvalue weighted by Gasteiger charge is -2.32. The van der Waals surface area contributed by atoms with E-state index in [1.165, 1.54) is 35.7 Å². The van der Waals surface area contributed by atoms with Crippen molar-refractivity contribution >= 4 is 27.5 Å². The lowest BCUT2D eigenvalue weighted by atomic mass is 10.1. The van der Waals surface area contributed by atoms with E-state index in [1.54, 1.807) is 17.3 Å². The Morgan fingerprint density at radius 3 is 2.52 bits per heavy atom. The Labute approximate surface area is 164 Å². The summed E-state index contributed by atoms with van der Waals surface area (Å²) in [6, 6.07) is 8.18. The Morgan fingerprint density at radius 1 is 1.22 bits per heavy atom. The van der Waals surface area contributed by atoms with Crippen LogP contribution in [0.25, 0.3) is 0 Å². The van der Waals surface area contributed by atoms with E-state index in [0.29, 0.717) is 13.1 Å². The number of nitrogens with one attached hydrogen (secondary N) is 2. The van der Waals surface area contributed by atoms with Crippen LogP contribution in [0.1, 0.15) is 15.9 Å². The first kappa shape index (κ1) is 19.8. The molecule has 1 aromatic heterocycles. The number of hydrogen-bond acceptors (Lipinski definition) is 4. The van der Waals surface area contributed by atoms with Crippen LogP contribution in [0.5, 0.6) is 0 Å². The van der Waals surface area contributed by atoms with Gasteiger partial charge in [-0.05, 0) is 37.4 Å². The summed E-state index contributed by atoms with van der Waals surface area (Å²) in [5, 5.41) is 0.251. The molecule has 7 nitrogen and oxygen atoms in total. The van der Waals surface area contributed by atoms with Crippen molar-refractivity contribution in [1.29, 1.82) is 0 Å². The van der Waals surface area contributed by atoms with Gasteiger partial charge in [0.15, 0.2) is 0 Å². The highest BCUT2D eigenvalue weighted by Crippen LogP contribution is 2.22. The molecule has 1 aliphatic heterocycles. The van der Waals surface area contributed by atoms with Crippen molar-refractivity contribution in [2.75, 3.05) is 33.2 Å². The smallest absolute Gasteiger partial charge is 0.255 e. The number of nitrogens with zero attached hydrogens (tertiary/aromatic N) is 2. The number of piperazine rings is 1. The number of rotatable bonds is 5. The molecule has 0 saturated carbocycles. The van der Waals surface area contributed by atoms with E-state index in [2.05, 4.69) is 9.71 Å². The summed E-state index contributed by atoms with van der Waals surface area (Å²) in [6.07, 6.45) is 3.56. The fourth-order valence-corrected chi connectivity index (χ4v) is 4.07. The largest absolute Gasteiger partial charge is 0.328 e. The normalized spacial score (nSPS) is 15.7. The van der Waals surface area contributed by atoms with Crippen molar-refractivity contribution in [3.63, 3.8) is 0 Å². The van der Waals surface area contributed by atoms with Crippen LogP contribution in [0.2, 0.25) is 5.02 Å². The second kappa shape index (κ2) is 8.35. The SMILES string of the molecule is CNS(=O)(=O)c1ccc(Cl)c(C(=O)N2CC[NH+](Cc3ccncc3)CC2)c1. The monoisotopic (exact) mass is 409 g/mol. The first-order valence-corrected chi connectivity index (χ1v) is 10.5. The zero-order valence-corrected chi connectivity index (χ0v) is 16.6. The van der Waals surface area contributed by atoms with Crippen molar-refractivity contribution in [2.24, 2.45) is 0 Å². The molecular formula is C18H22ClN4O3S+. The average Bonchev–Trinajstić information content (AvgIpc) is 2.69. The third-order valence-electron chi connectivity index (χ3n) is 4.71. The third kappa shape index (κ3) is 4.65. The zero-order valence-electron chi connectivity index (χ0n) is 15.0. The lowest BCUT2D eigenvalue weighted by Crippen LogP contribution is -3.13. The van der Waals surface area contributed by atoms with Gasteiger partial charge in [-0.3, -0.25) is 9.78 Å². The molecule has 0 atom stereocenters. The van der Waals surface area contributed by atoms with Gasteiger partial charge in [-0.15, -0.1) is 0 Å². The average molecular weight is 410 g/mol. The van der Waals surface area contributed by atoms with Crippen molar-refractivity contribution in [3.8, 4) is 0 Å². The van der Waals surface area contributed by atoms with E-state index in [4.69, 9.17) is 11.6 Å². The van der Waals surface area contributed by atoms with Gasteiger partial charge in [0.05, 0.1) is 41.7 Å². The maximum Gasteiger partial charge on any atom is 0.255 e. The third-order valence-corrected chi connectivity index (χ3v) is 6.45. The molecule has 2 aromatic rings. The van der Waals surface area contributed by atoms with E-state index >= 15 is 0 Å². The molecule has 27 heavy (non-hydrogen) atoms. The number of halogens is 1. The number of amides is 1. The summed E-state index contributed by atoms with van der Waals surface area (Å²) in [5.74, 6) is -0.240. The van der Waals surface area contributed by atoms with Crippen LogP contribution in [0.3, 0.4) is 0 Å². The van der Waals surface area contributed by atoms with Gasteiger partial charge in [0.1, 0.15) is 6.54 Å². The number of hydrogen-bond donors (Lipinski definition) is 2. The molecule has 1 fully saturated rings. The molecule has 3 rings (SSSR count). The number of carbonyl (C=O) groups excluding carboxylic acids is 1. The molecule has 0 radical (unpaired) electrons. The highest BCUT2D eigenvalue weighted by molar-refractivity contribution is 7.89. The van der Waals surface area contributed by atoms with Gasteiger partial charge >= 0.3 is 0 Å². The first-order valence-electron chi connectivity index (χ1n) is 8.65. The molecule has 0 aliphatic carbocycles. The Kier molecular flexibility index (Phi) is 6.11. The van der Waals surface area contributed by atoms with Crippen LogP contribution in [-0.2, 0) is 16.6 Å². The van der Waals surface area contributed by atoms with Crippen LogP contribution in [-0.4, -0.2) is 57.4 Å². The van der Waals surface area contributed by atoms with Crippen molar-refractivity contribution < 1.29 is 18.1 Å². The van der Waals surface area contributed by atoms with Gasteiger partial charge in [-0.1, -0.05) is 11.6 Å². The summed E-state index contributed by atoms with van der Waals surface area (Å²) >= 11 is 6.17. The zero-order chi connectivity index (χ0) is 19.4. The Bertz CT molecular complexity index is 913. The van der Waals surface area contributed by atoms with E-state index in [9.17, 15) is 13.2 Å². The van der Waals surface area contributed by atoms with Gasteiger partial charge in [0.25, 0.3) is 5.91 Å². The highest BCUT2D eigenvalue weighted by Gasteiger charge is 2.27. The van der Waals surface area contributed by atoms with E-state index in [0.717, 1.165) is 19.6 Å². The number of pyridine rings is 1. The molecule has 1 aliphatic rings. The first-order chi connectivity index (χ1) is 12.9. The van der Waals surface area contributed by atoms with Gasteiger partial charge in [0.2, 0.25) is 10.0 Å². The molecule has 1 saturated heterocycles. The minimum Gasteiger partial charge on any atom is -0.328 e. The molecule has 144 valence electrons. The highest BCUT2D eigenvalue weighted by atomic mass is 35.5. The summed E-state index contributed by atoms with van der Waals surface area (Å²) in [4.78, 5) is 20.0. The van der Waals surface area contributed by atoms with Crippen LogP contribution >= 0.6 is 11.6 Å². The van der Waals surface area contributed by atoms with Gasteiger partial charge in [0, 0.05) is 18.0 Å². The molecule has 1 aromatic carbocycles. The Hall–Kier alpha value is -2.00. The molecule has 9 heteroatoms. The predicted octanol–water partition coefficient (Wildman–Crippen LogP) is 0.184. The number of benzene rings is 1. The van der Waals surface area contributed by atoms with Crippen molar-refractivity contribution in [1.82, 2.24) is 14.6 Å². The van der Waals surface area contributed by atoms with E-state index < -0.39 is 10.0 Å². The second-order valence-electron chi connectivity index (χ2n) is 6.42. The quantitative estimate of drug-likeness (QED) is 0.738. The van der Waals surface area contributed by atoms with Crippen molar-refractivity contribution in [2.45, 2.75) is 11.4 Å². The molecule has 2 N–H and O–H groups in total. The summed E-state index contributed by atoms with van der Waals surface area (Å²) in [7, 11) is -2.30. The van der Waals surface area contributed by atoms with Crippen molar-refractivity contribution in [3.05, 3.63) is 58.9 Å². The molecule has 0 unspecified atom stereocenters. The maximum atomic E-state index is 12.9. The Morgan fingerprint density at radius 2 is 1.89 bits per heavy atom. The van der Waals surface area contributed by atoms with Gasteiger partial charge in [-0.2, -0.15) is 0 Å². The fourth-order valence-electron chi connectivity index (χ4n) is 3.12. The minimum atomic E-state index is -3.63. The molecule has 0 bridgehead atoms. The van der Waals surface area contributed by atoms with Gasteiger partial charge < -0.3 is 9.80 Å². The van der Waals surface area contributed by atoms with Gasteiger partial charge in [-0.25, -0.2) is 13.1 Å². The van der Waals surface area contributed by atoms with Crippen LogP contribution < -0.4 is 9.62 Å². The summed E-state index contributed by atoms with van der Waals surface area (Å²) in [6.45, 7) is 3.72. The standard InChI is InChI=1S/C18H21ClN4O3S/c1-20-27(25,26)15-2-3-17(19)16(12-15)18(24)23-10-8-22(9-11-23)13-14-4-6-21-7-5-14/h2-7,12,20H,8-11,13H2,1H3/p+1. The second-order valence-corrected chi connectivity index (χ2v) is 8.72. The lowest BCUT2D eigenvalue weighted by molar-refractivity contribution is -0.917. The summed E-state index contributed by atoms with van der Waals surface area (Å²) < 4.78 is 26.2. The van der Waals surface area contributed by atoms with Crippen LogP contribution in [0, 0.1) is 0 Å². The van der Waals surface area contributed by atoms with E-state index in [-0.39, 0.29) is 21.4 Å². The molecular weight excluding hydrogens is 388 g/mol. The number of quaternary nitrogens is 1.